The van der Waals surface area contributed by atoms with Gasteiger partial charge < -0.3 is 4.74 Å². The first-order valence-electron chi connectivity index (χ1n) is 9.39. The molecule has 0 unspecified atom stereocenters. The normalized spacial score (nSPS) is 19.7. The molecule has 0 N–H and O–H groups in total. The number of pyridine rings is 1. The summed E-state index contributed by atoms with van der Waals surface area (Å²) in [5, 5.41) is 0. The summed E-state index contributed by atoms with van der Waals surface area (Å²) in [6, 6.07) is 11.0. The molecule has 2 aliphatic rings. The van der Waals surface area contributed by atoms with E-state index < -0.39 is 5.60 Å². The zero-order chi connectivity index (χ0) is 17.4. The Kier molecular flexibility index (Phi) is 4.10. The van der Waals surface area contributed by atoms with E-state index in [1.165, 1.54) is 37.7 Å². The number of nitrogens with zero attached hydrogens (tertiary/aromatic N) is 2. The Morgan fingerprint density at radius 2 is 1.72 bits per heavy atom. The fourth-order valence-corrected chi connectivity index (χ4v) is 4.03. The lowest BCUT2D eigenvalue weighted by atomic mass is 9.83. The fraction of sp³-hybridized carbons (Fsp3) is 0.455. The number of fused-ring (bicyclic) bond motifs is 1. The molecule has 1 aromatic heterocycles. The van der Waals surface area contributed by atoms with Gasteiger partial charge in [0, 0.05) is 11.8 Å². The molecule has 4 rings (SSSR count). The van der Waals surface area contributed by atoms with Crippen LogP contribution >= 0.6 is 0 Å². The summed E-state index contributed by atoms with van der Waals surface area (Å²) in [5.41, 5.74) is 5.05. The lowest BCUT2D eigenvalue weighted by molar-refractivity contribution is 0.171. The van der Waals surface area contributed by atoms with Crippen molar-refractivity contribution in [1.82, 2.24) is 4.98 Å². The van der Waals surface area contributed by atoms with E-state index in [9.17, 15) is 0 Å². The molecule has 1 fully saturated rings. The van der Waals surface area contributed by atoms with Crippen molar-refractivity contribution < 1.29 is 4.74 Å². The van der Waals surface area contributed by atoms with E-state index in [2.05, 4.69) is 50.0 Å². The van der Waals surface area contributed by atoms with Crippen molar-refractivity contribution in [3.63, 3.8) is 0 Å². The molecule has 3 heteroatoms. The maximum absolute atomic E-state index is 6.17. The maximum atomic E-state index is 6.17. The molecule has 0 spiro atoms. The quantitative estimate of drug-likeness (QED) is 0.703. The Morgan fingerprint density at radius 3 is 2.44 bits per heavy atom. The molecule has 1 saturated carbocycles. The van der Waals surface area contributed by atoms with E-state index in [0.29, 0.717) is 5.88 Å². The Labute approximate surface area is 150 Å². The number of aryl methyl sites for hydroxylation is 1. The highest BCUT2D eigenvalue weighted by atomic mass is 16.5. The first kappa shape index (κ1) is 16.3. The van der Waals surface area contributed by atoms with Gasteiger partial charge in [-0.15, -0.1) is 0 Å². The lowest BCUT2D eigenvalue weighted by Gasteiger charge is -2.32. The highest BCUT2D eigenvalue weighted by Crippen LogP contribution is 2.38. The summed E-state index contributed by atoms with van der Waals surface area (Å²) in [6.07, 6.45) is 8.56. The van der Waals surface area contributed by atoms with Gasteiger partial charge in [0.15, 0.2) is 0 Å². The second-order valence-corrected chi connectivity index (χ2v) is 7.81. The van der Waals surface area contributed by atoms with Gasteiger partial charge in [0.05, 0.1) is 5.71 Å². The third-order valence-corrected chi connectivity index (χ3v) is 5.50. The first-order chi connectivity index (χ1) is 12.0. The topological polar surface area (TPSA) is 34.5 Å². The molecule has 0 bridgehead atoms. The summed E-state index contributed by atoms with van der Waals surface area (Å²) >= 11 is 0. The summed E-state index contributed by atoms with van der Waals surface area (Å²) < 4.78 is 6.17. The third-order valence-electron chi connectivity index (χ3n) is 5.50. The predicted octanol–water partition coefficient (Wildman–Crippen LogP) is 5.73. The van der Waals surface area contributed by atoms with Gasteiger partial charge in [-0.05, 0) is 56.7 Å². The molecule has 0 amide bonds. The average Bonchev–Trinajstić information content (AvgIpc) is 2.62. The average molecular weight is 334 g/mol. The van der Waals surface area contributed by atoms with E-state index in [0.717, 1.165) is 28.4 Å². The van der Waals surface area contributed by atoms with Gasteiger partial charge in [0.2, 0.25) is 5.88 Å². The molecule has 1 aliphatic heterocycles. The van der Waals surface area contributed by atoms with E-state index >= 15 is 0 Å². The van der Waals surface area contributed by atoms with Crippen LogP contribution in [0.3, 0.4) is 0 Å². The molecule has 2 aromatic rings. The molecule has 1 aromatic carbocycles. The highest BCUT2D eigenvalue weighted by Gasteiger charge is 2.34. The van der Waals surface area contributed by atoms with Crippen molar-refractivity contribution >= 4 is 11.4 Å². The van der Waals surface area contributed by atoms with Gasteiger partial charge in [-0.3, -0.25) is 0 Å². The van der Waals surface area contributed by atoms with Crippen LogP contribution in [0.5, 0.6) is 5.88 Å². The second-order valence-electron chi connectivity index (χ2n) is 7.81. The van der Waals surface area contributed by atoms with Crippen LogP contribution in [0.4, 0.5) is 5.69 Å². The third kappa shape index (κ3) is 3.08. The number of aliphatic imine (C=N–C) groups is 1. The molecule has 130 valence electrons. The van der Waals surface area contributed by atoms with E-state index in [-0.39, 0.29) is 0 Å². The van der Waals surface area contributed by atoms with Crippen molar-refractivity contribution in [2.45, 2.75) is 64.4 Å². The van der Waals surface area contributed by atoms with Crippen LogP contribution in [-0.2, 0) is 0 Å². The molecule has 3 nitrogen and oxygen atoms in total. The van der Waals surface area contributed by atoms with Gasteiger partial charge in [-0.25, -0.2) is 9.98 Å². The van der Waals surface area contributed by atoms with Crippen molar-refractivity contribution in [2.75, 3.05) is 0 Å². The SMILES string of the molecule is Cc1ccnc2c1N=C(c1ccc(C3CCCCC3)cc1)C(C)(C)O2. The molecule has 2 heterocycles. The molecular formula is C22H26N2O. The number of benzene rings is 1. The minimum absolute atomic E-state index is 0.486. The standard InChI is InChI=1S/C22H26N2O/c1-15-13-14-23-21-19(15)24-20(22(2,3)25-21)18-11-9-17(10-12-18)16-7-5-4-6-8-16/h9-14,16H,4-8H2,1-3H3. The van der Waals surface area contributed by atoms with Crippen LogP contribution < -0.4 is 4.74 Å². The monoisotopic (exact) mass is 334 g/mol. The predicted molar refractivity (Wildman–Crippen MR) is 102 cm³/mol. The number of hydrogen-bond donors (Lipinski definition) is 0. The minimum atomic E-state index is -0.486. The van der Waals surface area contributed by atoms with Crippen molar-refractivity contribution in [2.24, 2.45) is 4.99 Å². The zero-order valence-corrected chi connectivity index (χ0v) is 15.4. The largest absolute Gasteiger partial charge is 0.464 e. The van der Waals surface area contributed by atoms with Crippen LogP contribution in [0.1, 0.15) is 68.6 Å². The molecule has 1 aliphatic carbocycles. The number of ether oxygens (including phenoxy) is 1. The summed E-state index contributed by atoms with van der Waals surface area (Å²) in [7, 11) is 0. The van der Waals surface area contributed by atoms with E-state index in [1.54, 1.807) is 6.20 Å². The van der Waals surface area contributed by atoms with Crippen molar-refractivity contribution in [1.29, 1.82) is 0 Å². The second kappa shape index (κ2) is 6.29. The molecule has 0 atom stereocenters. The van der Waals surface area contributed by atoms with E-state index in [4.69, 9.17) is 9.73 Å². The van der Waals surface area contributed by atoms with Gasteiger partial charge >= 0.3 is 0 Å². The number of aromatic nitrogens is 1. The van der Waals surface area contributed by atoms with Gasteiger partial charge in [0.1, 0.15) is 11.3 Å². The van der Waals surface area contributed by atoms with Crippen molar-refractivity contribution in [3.05, 3.63) is 53.2 Å². The summed E-state index contributed by atoms with van der Waals surface area (Å²) in [4.78, 5) is 9.29. The Morgan fingerprint density at radius 1 is 1.00 bits per heavy atom. The van der Waals surface area contributed by atoms with Gasteiger partial charge in [-0.2, -0.15) is 0 Å². The summed E-state index contributed by atoms with van der Waals surface area (Å²) in [5.74, 6) is 1.36. The first-order valence-corrected chi connectivity index (χ1v) is 9.39. The Balaban J connectivity index is 1.69. The molecule has 25 heavy (non-hydrogen) atoms. The minimum Gasteiger partial charge on any atom is -0.464 e. The highest BCUT2D eigenvalue weighted by molar-refractivity contribution is 6.08. The lowest BCUT2D eigenvalue weighted by Crippen LogP contribution is -2.41. The fourth-order valence-electron chi connectivity index (χ4n) is 4.03. The van der Waals surface area contributed by atoms with Crippen LogP contribution in [0.25, 0.3) is 0 Å². The molecule has 0 saturated heterocycles. The maximum Gasteiger partial charge on any atom is 0.241 e. The Bertz CT molecular complexity index is 799. The summed E-state index contributed by atoms with van der Waals surface area (Å²) in [6.45, 7) is 6.18. The van der Waals surface area contributed by atoms with Gasteiger partial charge in [-0.1, -0.05) is 43.5 Å². The van der Waals surface area contributed by atoms with Gasteiger partial charge in [0.25, 0.3) is 0 Å². The molecule has 0 radical (unpaired) electrons. The number of hydrogen-bond acceptors (Lipinski definition) is 3. The van der Waals surface area contributed by atoms with Crippen LogP contribution in [0, 0.1) is 6.92 Å². The Hall–Kier alpha value is -2.16. The smallest absolute Gasteiger partial charge is 0.241 e. The van der Waals surface area contributed by atoms with Crippen LogP contribution in [-0.4, -0.2) is 16.3 Å². The van der Waals surface area contributed by atoms with Crippen LogP contribution in [0.15, 0.2) is 41.5 Å². The zero-order valence-electron chi connectivity index (χ0n) is 15.4. The molecular weight excluding hydrogens is 308 g/mol. The van der Waals surface area contributed by atoms with Crippen molar-refractivity contribution in [3.8, 4) is 5.88 Å². The van der Waals surface area contributed by atoms with E-state index in [1.807, 2.05) is 6.07 Å². The number of rotatable bonds is 2. The van der Waals surface area contributed by atoms with Crippen LogP contribution in [0.2, 0.25) is 0 Å².